The van der Waals surface area contributed by atoms with Gasteiger partial charge in [0, 0.05) is 18.3 Å². The smallest absolute Gasteiger partial charge is 0.422 e. The van der Waals surface area contributed by atoms with Gasteiger partial charge in [-0.2, -0.15) is 13.2 Å². The molecule has 1 N–H and O–H groups in total. The Labute approximate surface area is 124 Å². The van der Waals surface area contributed by atoms with E-state index >= 15 is 0 Å². The summed E-state index contributed by atoms with van der Waals surface area (Å²) >= 11 is 0. The number of methoxy groups -OCH3 is 1. The van der Waals surface area contributed by atoms with Crippen LogP contribution in [0.5, 0.6) is 5.88 Å². The Morgan fingerprint density at radius 2 is 2.05 bits per heavy atom. The molecular weight excluding hydrogens is 305 g/mol. The molecular formula is C13H15F3N2O4. The average molecular weight is 320 g/mol. The molecule has 0 aliphatic carbocycles. The molecule has 1 amide bonds. The molecule has 0 aliphatic heterocycles. The molecule has 1 atom stereocenters. The van der Waals surface area contributed by atoms with Crippen LogP contribution < -0.4 is 10.1 Å². The van der Waals surface area contributed by atoms with E-state index in [0.29, 0.717) is 0 Å². The standard InChI is InChI=1S/C13H15F3N2O4/c1-8(5-11(19)21-2)18-12(20)9-3-4-10(17-6-9)22-7-13(14,15)16/h3-4,6,8H,5,7H2,1-2H3,(H,18,20). The predicted octanol–water partition coefficient (Wildman–Crippen LogP) is 1.70. The number of amides is 1. The van der Waals surface area contributed by atoms with E-state index in [1.165, 1.54) is 13.2 Å². The normalized spacial score (nSPS) is 12.4. The highest BCUT2D eigenvalue weighted by Gasteiger charge is 2.28. The summed E-state index contributed by atoms with van der Waals surface area (Å²) in [5, 5.41) is 2.54. The van der Waals surface area contributed by atoms with Gasteiger partial charge < -0.3 is 14.8 Å². The SMILES string of the molecule is COC(=O)CC(C)NC(=O)c1ccc(OCC(F)(F)F)nc1. The number of halogens is 3. The number of nitrogens with one attached hydrogen (secondary N) is 1. The Balaban J connectivity index is 2.55. The van der Waals surface area contributed by atoms with Gasteiger partial charge in [0.25, 0.3) is 5.91 Å². The fourth-order valence-electron chi connectivity index (χ4n) is 1.45. The monoisotopic (exact) mass is 320 g/mol. The molecule has 22 heavy (non-hydrogen) atoms. The molecule has 0 saturated heterocycles. The van der Waals surface area contributed by atoms with Gasteiger partial charge in [0.15, 0.2) is 6.61 Å². The van der Waals surface area contributed by atoms with Crippen LogP contribution >= 0.6 is 0 Å². The second-order valence-electron chi connectivity index (χ2n) is 4.44. The van der Waals surface area contributed by atoms with Gasteiger partial charge in [0.05, 0.1) is 19.1 Å². The van der Waals surface area contributed by atoms with Gasteiger partial charge in [0.1, 0.15) is 0 Å². The molecule has 0 fully saturated rings. The molecule has 0 saturated carbocycles. The second kappa shape index (κ2) is 7.62. The summed E-state index contributed by atoms with van der Waals surface area (Å²) < 4.78 is 44.8. The van der Waals surface area contributed by atoms with Crippen molar-refractivity contribution in [2.45, 2.75) is 25.6 Å². The van der Waals surface area contributed by atoms with Crippen molar-refractivity contribution >= 4 is 11.9 Å². The highest BCUT2D eigenvalue weighted by atomic mass is 19.4. The molecule has 1 aromatic heterocycles. The van der Waals surface area contributed by atoms with Gasteiger partial charge in [-0.3, -0.25) is 9.59 Å². The lowest BCUT2D eigenvalue weighted by Crippen LogP contribution is -2.34. The average Bonchev–Trinajstić information content (AvgIpc) is 2.44. The van der Waals surface area contributed by atoms with Crippen LogP contribution in [0.25, 0.3) is 0 Å². The fraction of sp³-hybridized carbons (Fsp3) is 0.462. The molecule has 1 heterocycles. The molecule has 6 nitrogen and oxygen atoms in total. The quantitative estimate of drug-likeness (QED) is 0.807. The Kier molecular flexibility index (Phi) is 6.14. The summed E-state index contributed by atoms with van der Waals surface area (Å²) in [6.07, 6.45) is -3.37. The van der Waals surface area contributed by atoms with Crippen LogP contribution in [0.3, 0.4) is 0 Å². The Morgan fingerprint density at radius 3 is 2.55 bits per heavy atom. The lowest BCUT2D eigenvalue weighted by Gasteiger charge is -2.13. The molecule has 0 bridgehead atoms. The maximum Gasteiger partial charge on any atom is 0.422 e. The Morgan fingerprint density at radius 1 is 1.36 bits per heavy atom. The number of rotatable bonds is 6. The van der Waals surface area contributed by atoms with E-state index in [1.54, 1.807) is 6.92 Å². The molecule has 122 valence electrons. The number of ether oxygens (including phenoxy) is 2. The minimum atomic E-state index is -4.46. The highest BCUT2D eigenvalue weighted by molar-refractivity contribution is 5.94. The molecule has 1 unspecified atom stereocenters. The van der Waals surface area contributed by atoms with E-state index in [2.05, 4.69) is 19.8 Å². The topological polar surface area (TPSA) is 77.5 Å². The van der Waals surface area contributed by atoms with Crippen LogP contribution in [-0.2, 0) is 9.53 Å². The van der Waals surface area contributed by atoms with Crippen molar-refractivity contribution in [1.29, 1.82) is 0 Å². The van der Waals surface area contributed by atoms with E-state index in [9.17, 15) is 22.8 Å². The number of hydrogen-bond donors (Lipinski definition) is 1. The summed E-state index contributed by atoms with van der Waals surface area (Å²) in [6, 6.07) is 1.98. The number of alkyl halides is 3. The molecule has 9 heteroatoms. The largest absolute Gasteiger partial charge is 0.469 e. The summed E-state index contributed by atoms with van der Waals surface area (Å²) in [7, 11) is 1.24. The zero-order valence-electron chi connectivity index (χ0n) is 11.9. The first kappa shape index (κ1) is 17.7. The number of carbonyl (C=O) groups excluding carboxylic acids is 2. The third-order valence-electron chi connectivity index (χ3n) is 2.46. The zero-order valence-corrected chi connectivity index (χ0v) is 11.9. The minimum Gasteiger partial charge on any atom is -0.469 e. The van der Waals surface area contributed by atoms with Gasteiger partial charge in [-0.05, 0) is 13.0 Å². The number of carbonyl (C=O) groups is 2. The van der Waals surface area contributed by atoms with Crippen molar-refractivity contribution in [2.75, 3.05) is 13.7 Å². The molecule has 1 rings (SSSR count). The number of aromatic nitrogens is 1. The van der Waals surface area contributed by atoms with Crippen molar-refractivity contribution in [2.24, 2.45) is 0 Å². The number of pyridine rings is 1. The Hall–Kier alpha value is -2.32. The van der Waals surface area contributed by atoms with Crippen molar-refractivity contribution in [1.82, 2.24) is 10.3 Å². The van der Waals surface area contributed by atoms with E-state index < -0.39 is 30.7 Å². The maximum absolute atomic E-state index is 12.0. The predicted molar refractivity (Wildman–Crippen MR) is 69.3 cm³/mol. The summed E-state index contributed by atoms with van der Waals surface area (Å²) in [6.45, 7) is 0.158. The third-order valence-corrected chi connectivity index (χ3v) is 2.46. The van der Waals surface area contributed by atoms with Gasteiger partial charge in [-0.25, -0.2) is 4.98 Å². The molecule has 0 aromatic carbocycles. The molecule has 1 aromatic rings. The van der Waals surface area contributed by atoms with Crippen LogP contribution in [-0.4, -0.2) is 42.8 Å². The summed E-state index contributed by atoms with van der Waals surface area (Å²) in [5.41, 5.74) is 0.135. The third kappa shape index (κ3) is 6.42. The first-order valence-electron chi connectivity index (χ1n) is 6.24. The summed E-state index contributed by atoms with van der Waals surface area (Å²) in [4.78, 5) is 26.5. The number of nitrogens with zero attached hydrogens (tertiary/aromatic N) is 1. The van der Waals surface area contributed by atoms with Crippen LogP contribution in [0.2, 0.25) is 0 Å². The highest BCUT2D eigenvalue weighted by Crippen LogP contribution is 2.17. The van der Waals surface area contributed by atoms with Crippen molar-refractivity contribution < 1.29 is 32.2 Å². The first-order chi connectivity index (χ1) is 10.2. The molecule has 0 radical (unpaired) electrons. The van der Waals surface area contributed by atoms with E-state index in [-0.39, 0.29) is 17.9 Å². The van der Waals surface area contributed by atoms with Crippen LogP contribution in [0.1, 0.15) is 23.7 Å². The number of esters is 1. The van der Waals surface area contributed by atoms with Gasteiger partial charge in [-0.15, -0.1) is 0 Å². The fourth-order valence-corrected chi connectivity index (χ4v) is 1.45. The van der Waals surface area contributed by atoms with Crippen LogP contribution in [0.4, 0.5) is 13.2 Å². The van der Waals surface area contributed by atoms with Gasteiger partial charge in [0.2, 0.25) is 5.88 Å². The lowest BCUT2D eigenvalue weighted by atomic mass is 10.2. The molecule has 0 spiro atoms. The van der Waals surface area contributed by atoms with E-state index in [0.717, 1.165) is 12.3 Å². The van der Waals surface area contributed by atoms with Crippen molar-refractivity contribution in [3.05, 3.63) is 23.9 Å². The van der Waals surface area contributed by atoms with Gasteiger partial charge >= 0.3 is 12.1 Å². The minimum absolute atomic E-state index is 0.00243. The van der Waals surface area contributed by atoms with Crippen molar-refractivity contribution in [3.8, 4) is 5.88 Å². The van der Waals surface area contributed by atoms with Crippen molar-refractivity contribution in [3.63, 3.8) is 0 Å². The van der Waals surface area contributed by atoms with Crippen LogP contribution in [0, 0.1) is 0 Å². The first-order valence-corrected chi connectivity index (χ1v) is 6.24. The lowest BCUT2D eigenvalue weighted by molar-refractivity contribution is -0.154. The molecule has 0 aliphatic rings. The Bertz CT molecular complexity index is 517. The maximum atomic E-state index is 12.0. The zero-order chi connectivity index (χ0) is 16.8. The second-order valence-corrected chi connectivity index (χ2v) is 4.44. The van der Waals surface area contributed by atoms with E-state index in [1.807, 2.05) is 0 Å². The number of hydrogen-bond acceptors (Lipinski definition) is 5. The van der Waals surface area contributed by atoms with Crippen LogP contribution in [0.15, 0.2) is 18.3 Å². The van der Waals surface area contributed by atoms with E-state index in [4.69, 9.17) is 0 Å². The van der Waals surface area contributed by atoms with Gasteiger partial charge in [-0.1, -0.05) is 0 Å². The summed E-state index contributed by atoms with van der Waals surface area (Å²) in [5.74, 6) is -1.22.